The molecule has 4 rings (SSSR count). The number of alkyl halides is 3. The van der Waals surface area contributed by atoms with Crippen molar-refractivity contribution in [2.75, 3.05) is 11.9 Å². The standard InChI is InChI=1S/C27H21F3N2O3S2/c1-17(19-7-3-2-4-8-19)32-25(34)23(37-26(32)36)15-18-11-13-20(14-12-18)35-16-24(33)31-22-10-6-5-9-21(22)27(28,29)30/h2-15,17H,16H2,1H3,(H,31,33)/b23-15-/t17-/m1/s1. The summed E-state index contributed by atoms with van der Waals surface area (Å²) in [5.74, 6) is -0.555. The van der Waals surface area contributed by atoms with Gasteiger partial charge in [-0.1, -0.05) is 78.6 Å². The Hall–Kier alpha value is -3.63. The van der Waals surface area contributed by atoms with Crippen molar-refractivity contribution in [1.82, 2.24) is 4.90 Å². The lowest BCUT2D eigenvalue weighted by atomic mass is 10.1. The maximum Gasteiger partial charge on any atom is 0.418 e. The third-order valence-electron chi connectivity index (χ3n) is 5.55. The van der Waals surface area contributed by atoms with E-state index in [-0.39, 0.29) is 17.6 Å². The van der Waals surface area contributed by atoms with Gasteiger partial charge in [0.15, 0.2) is 6.61 Å². The number of anilines is 1. The largest absolute Gasteiger partial charge is 0.484 e. The summed E-state index contributed by atoms with van der Waals surface area (Å²) in [6.07, 6.45) is -2.87. The van der Waals surface area contributed by atoms with Gasteiger partial charge in [-0.3, -0.25) is 14.5 Å². The van der Waals surface area contributed by atoms with Crippen LogP contribution in [0.5, 0.6) is 5.75 Å². The van der Waals surface area contributed by atoms with Crippen LogP contribution in [-0.4, -0.2) is 27.6 Å². The van der Waals surface area contributed by atoms with Crippen LogP contribution in [0.4, 0.5) is 18.9 Å². The quantitative estimate of drug-likeness (QED) is 0.267. The highest BCUT2D eigenvalue weighted by Gasteiger charge is 2.36. The lowest BCUT2D eigenvalue weighted by molar-refractivity contribution is -0.137. The van der Waals surface area contributed by atoms with Crippen molar-refractivity contribution in [2.45, 2.75) is 19.1 Å². The van der Waals surface area contributed by atoms with Gasteiger partial charge in [0.05, 0.1) is 22.2 Å². The van der Waals surface area contributed by atoms with Crippen LogP contribution in [0, 0.1) is 0 Å². The van der Waals surface area contributed by atoms with Crippen LogP contribution in [0.1, 0.15) is 29.7 Å². The Morgan fingerprint density at radius 3 is 2.38 bits per heavy atom. The molecule has 3 aromatic rings. The molecule has 10 heteroatoms. The Morgan fingerprint density at radius 1 is 1.05 bits per heavy atom. The Kier molecular flexibility index (Phi) is 7.99. The van der Waals surface area contributed by atoms with Crippen molar-refractivity contribution in [1.29, 1.82) is 0 Å². The van der Waals surface area contributed by atoms with Crippen LogP contribution in [0.2, 0.25) is 0 Å². The first-order valence-electron chi connectivity index (χ1n) is 11.1. The molecule has 1 aliphatic rings. The molecule has 1 saturated heterocycles. The first kappa shape index (κ1) is 26.4. The zero-order valence-corrected chi connectivity index (χ0v) is 21.1. The molecule has 1 aliphatic heterocycles. The number of nitrogens with one attached hydrogen (secondary N) is 1. The summed E-state index contributed by atoms with van der Waals surface area (Å²) in [5.41, 5.74) is 0.436. The number of halogens is 3. The Balaban J connectivity index is 1.37. The normalized spacial score (nSPS) is 15.7. The Labute approximate surface area is 221 Å². The van der Waals surface area contributed by atoms with Crippen LogP contribution in [0.15, 0.2) is 83.8 Å². The molecule has 5 nitrogen and oxygen atoms in total. The smallest absolute Gasteiger partial charge is 0.418 e. The van der Waals surface area contributed by atoms with Gasteiger partial charge in [0.1, 0.15) is 10.1 Å². The highest BCUT2D eigenvalue weighted by molar-refractivity contribution is 8.26. The molecule has 1 fully saturated rings. The van der Waals surface area contributed by atoms with E-state index in [1.54, 1.807) is 35.2 Å². The lowest BCUT2D eigenvalue weighted by Gasteiger charge is -2.23. The van der Waals surface area contributed by atoms with E-state index in [1.807, 2.05) is 37.3 Å². The van der Waals surface area contributed by atoms with Crippen molar-refractivity contribution in [3.8, 4) is 5.75 Å². The number of nitrogens with zero attached hydrogens (tertiary/aromatic N) is 1. The number of para-hydroxylation sites is 1. The maximum absolute atomic E-state index is 13.1. The van der Waals surface area contributed by atoms with Gasteiger partial charge < -0.3 is 10.1 Å². The summed E-state index contributed by atoms with van der Waals surface area (Å²) in [6, 6.07) is 20.8. The van der Waals surface area contributed by atoms with Crippen molar-refractivity contribution >= 4 is 51.9 Å². The maximum atomic E-state index is 13.1. The Morgan fingerprint density at radius 2 is 1.70 bits per heavy atom. The van der Waals surface area contributed by atoms with E-state index >= 15 is 0 Å². The molecule has 0 aromatic heterocycles. The number of thiocarbonyl (C=S) groups is 1. The van der Waals surface area contributed by atoms with E-state index in [2.05, 4.69) is 5.32 Å². The van der Waals surface area contributed by atoms with E-state index < -0.39 is 24.3 Å². The number of carbonyl (C=O) groups is 2. The van der Waals surface area contributed by atoms with E-state index in [4.69, 9.17) is 17.0 Å². The molecule has 1 heterocycles. The molecule has 190 valence electrons. The van der Waals surface area contributed by atoms with Crippen LogP contribution in [0.25, 0.3) is 6.08 Å². The summed E-state index contributed by atoms with van der Waals surface area (Å²) in [4.78, 5) is 27.3. The van der Waals surface area contributed by atoms with E-state index in [9.17, 15) is 22.8 Å². The number of amides is 2. The van der Waals surface area contributed by atoms with Crippen LogP contribution < -0.4 is 10.1 Å². The van der Waals surface area contributed by atoms with Crippen LogP contribution in [0.3, 0.4) is 0 Å². The number of benzene rings is 3. The number of rotatable bonds is 7. The van der Waals surface area contributed by atoms with Gasteiger partial charge in [-0.2, -0.15) is 13.2 Å². The minimum atomic E-state index is -4.59. The molecule has 3 aromatic carbocycles. The van der Waals surface area contributed by atoms with Crippen molar-refractivity contribution in [3.05, 3.63) is 100 Å². The van der Waals surface area contributed by atoms with E-state index in [0.29, 0.717) is 15.0 Å². The topological polar surface area (TPSA) is 58.6 Å². The predicted octanol–water partition coefficient (Wildman–Crippen LogP) is 6.69. The third kappa shape index (κ3) is 6.39. The molecule has 1 N–H and O–H groups in total. The minimum absolute atomic E-state index is 0.178. The van der Waals surface area contributed by atoms with Gasteiger partial charge in [0.25, 0.3) is 11.8 Å². The molecule has 0 radical (unpaired) electrons. The first-order valence-corrected chi connectivity index (χ1v) is 12.4. The number of hydrogen-bond acceptors (Lipinski definition) is 5. The van der Waals surface area contributed by atoms with Gasteiger partial charge >= 0.3 is 6.18 Å². The minimum Gasteiger partial charge on any atom is -0.484 e. The van der Waals surface area contributed by atoms with Gasteiger partial charge in [-0.25, -0.2) is 0 Å². The van der Waals surface area contributed by atoms with Crippen molar-refractivity contribution in [3.63, 3.8) is 0 Å². The lowest BCUT2D eigenvalue weighted by Crippen LogP contribution is -2.30. The molecule has 0 saturated carbocycles. The second-order valence-corrected chi connectivity index (χ2v) is 9.76. The number of hydrogen-bond donors (Lipinski definition) is 1. The summed E-state index contributed by atoms with van der Waals surface area (Å²) in [7, 11) is 0. The van der Waals surface area contributed by atoms with Crippen LogP contribution in [-0.2, 0) is 15.8 Å². The highest BCUT2D eigenvalue weighted by Crippen LogP contribution is 2.38. The average Bonchev–Trinajstić information content (AvgIpc) is 3.15. The van der Waals surface area contributed by atoms with Gasteiger partial charge in [0, 0.05) is 0 Å². The SMILES string of the molecule is C[C@H](c1ccccc1)N1C(=O)/C(=C/c2ccc(OCC(=O)Nc3ccccc3C(F)(F)F)cc2)SC1=S. The second kappa shape index (κ2) is 11.2. The van der Waals surface area contributed by atoms with Gasteiger partial charge in [-0.15, -0.1) is 0 Å². The monoisotopic (exact) mass is 542 g/mol. The zero-order valence-electron chi connectivity index (χ0n) is 19.5. The fraction of sp³-hybridized carbons (Fsp3) is 0.148. The third-order valence-corrected chi connectivity index (χ3v) is 6.88. The summed E-state index contributed by atoms with van der Waals surface area (Å²) < 4.78 is 45.2. The Bertz CT molecular complexity index is 1340. The fourth-order valence-corrected chi connectivity index (χ4v) is 5.10. The summed E-state index contributed by atoms with van der Waals surface area (Å²) in [6.45, 7) is 1.45. The molecule has 0 bridgehead atoms. The van der Waals surface area contributed by atoms with Crippen LogP contribution >= 0.6 is 24.0 Å². The first-order chi connectivity index (χ1) is 17.6. The fourth-order valence-electron chi connectivity index (χ4n) is 3.68. The second-order valence-electron chi connectivity index (χ2n) is 8.09. The number of carbonyl (C=O) groups excluding carboxylic acids is 2. The zero-order chi connectivity index (χ0) is 26.6. The molecular formula is C27H21F3N2O3S2. The summed E-state index contributed by atoms with van der Waals surface area (Å²) in [5, 5.41) is 2.23. The van der Waals surface area contributed by atoms with E-state index in [0.717, 1.165) is 17.2 Å². The molecule has 37 heavy (non-hydrogen) atoms. The van der Waals surface area contributed by atoms with Crippen molar-refractivity contribution in [2.24, 2.45) is 0 Å². The van der Waals surface area contributed by atoms with Gasteiger partial charge in [0.2, 0.25) is 0 Å². The highest BCUT2D eigenvalue weighted by atomic mass is 32.2. The van der Waals surface area contributed by atoms with Crippen molar-refractivity contribution < 1.29 is 27.5 Å². The molecular weight excluding hydrogens is 521 g/mol. The van der Waals surface area contributed by atoms with E-state index in [1.165, 1.54) is 30.0 Å². The molecule has 0 unspecified atom stereocenters. The molecule has 1 atom stereocenters. The van der Waals surface area contributed by atoms with Gasteiger partial charge in [-0.05, 0) is 48.4 Å². The molecule has 0 spiro atoms. The average molecular weight is 543 g/mol. The summed E-state index contributed by atoms with van der Waals surface area (Å²) >= 11 is 6.68. The number of ether oxygens (including phenoxy) is 1. The number of thioether (sulfide) groups is 1. The predicted molar refractivity (Wildman–Crippen MR) is 142 cm³/mol. The molecule has 2 amide bonds. The molecule has 0 aliphatic carbocycles.